The van der Waals surface area contributed by atoms with Gasteiger partial charge in [-0.25, -0.2) is 0 Å². The molecule has 0 bridgehead atoms. The topological polar surface area (TPSA) is 94.3 Å². The molecule has 100 valence electrons. The number of hydrogen-bond donors (Lipinski definition) is 1. The van der Waals surface area contributed by atoms with Gasteiger partial charge in [-0.05, 0) is 6.08 Å². The van der Waals surface area contributed by atoms with E-state index >= 15 is 0 Å². The van der Waals surface area contributed by atoms with E-state index in [1.807, 2.05) is 0 Å². The summed E-state index contributed by atoms with van der Waals surface area (Å²) in [7, 11) is -4.69. The molecule has 0 heterocycles. The average Bonchev–Trinajstić information content (AvgIpc) is 2.39. The molecule has 5 nitrogen and oxygen atoms in total. The predicted octanol–water partition coefficient (Wildman–Crippen LogP) is 0.148. The van der Waals surface area contributed by atoms with Crippen LogP contribution in [0.4, 0.5) is 0 Å². The Bertz CT molecular complexity index is 803. The third kappa shape index (κ3) is 2.77. The van der Waals surface area contributed by atoms with Crippen LogP contribution >= 0.6 is 0 Å². The van der Waals surface area contributed by atoms with Crippen LogP contribution in [0.5, 0.6) is 0 Å². The second-order valence-corrected chi connectivity index (χ2v) is 5.95. The van der Waals surface area contributed by atoms with Crippen molar-refractivity contribution < 1.29 is 16.8 Å². The smallest absolute Gasteiger partial charge is 0.218 e. The van der Waals surface area contributed by atoms with E-state index in [-0.39, 0.29) is 22.6 Å². The number of nitrogens with two attached hydrogens (primary N) is 1. The first kappa shape index (κ1) is 13.6. The second kappa shape index (κ2) is 5.41. The van der Waals surface area contributed by atoms with Crippen LogP contribution in [0.3, 0.4) is 0 Å². The predicted molar refractivity (Wildman–Crippen MR) is 74.7 cm³/mol. The summed E-state index contributed by atoms with van der Waals surface area (Å²) in [5, 5.41) is 0. The SMILES string of the molecule is NC1=CCC(=S(=O)=O)C=C1C1=CC=CCC1=S(=O)=O. The molecule has 0 aliphatic heterocycles. The lowest BCUT2D eigenvalue weighted by Gasteiger charge is -2.17. The van der Waals surface area contributed by atoms with Gasteiger partial charge in [0.05, 0.1) is 9.73 Å². The van der Waals surface area contributed by atoms with Gasteiger partial charge in [0.15, 0.2) is 0 Å². The van der Waals surface area contributed by atoms with E-state index in [1.165, 1.54) is 6.08 Å². The largest absolute Gasteiger partial charge is 0.398 e. The first-order valence-corrected chi connectivity index (χ1v) is 7.61. The lowest BCUT2D eigenvalue weighted by atomic mass is 9.91. The van der Waals surface area contributed by atoms with E-state index in [0.29, 0.717) is 16.8 Å². The average molecular weight is 297 g/mol. The number of allylic oxidation sites excluding steroid dienone is 6. The molecule has 0 saturated heterocycles. The highest BCUT2D eigenvalue weighted by Crippen LogP contribution is 2.25. The van der Waals surface area contributed by atoms with Crippen LogP contribution in [0.25, 0.3) is 0 Å². The Morgan fingerprint density at radius 3 is 2.37 bits per heavy atom. The summed E-state index contributed by atoms with van der Waals surface area (Å²) in [4.78, 5) is 0.402. The molecule has 2 N–H and O–H groups in total. The minimum absolute atomic E-state index is 0.190. The molecular formula is C12H11NO4S2. The highest BCUT2D eigenvalue weighted by Gasteiger charge is 2.20. The Hall–Kier alpha value is -1.86. The van der Waals surface area contributed by atoms with E-state index in [0.717, 1.165) is 0 Å². The van der Waals surface area contributed by atoms with Gasteiger partial charge < -0.3 is 5.73 Å². The molecule has 0 unspecified atom stereocenters. The summed E-state index contributed by atoms with van der Waals surface area (Å²) < 4.78 is 44.4. The van der Waals surface area contributed by atoms with Gasteiger partial charge in [-0.2, -0.15) is 16.8 Å². The minimum atomic E-state index is -2.36. The van der Waals surface area contributed by atoms with Gasteiger partial charge in [0, 0.05) is 29.7 Å². The van der Waals surface area contributed by atoms with E-state index in [9.17, 15) is 16.8 Å². The van der Waals surface area contributed by atoms with Crippen LogP contribution in [0.2, 0.25) is 0 Å². The maximum absolute atomic E-state index is 11.2. The number of hydrogen-bond acceptors (Lipinski definition) is 5. The monoisotopic (exact) mass is 297 g/mol. The van der Waals surface area contributed by atoms with Crippen molar-refractivity contribution in [3.63, 3.8) is 0 Å². The fourth-order valence-corrected chi connectivity index (χ4v) is 2.94. The highest BCUT2D eigenvalue weighted by atomic mass is 32.2. The zero-order chi connectivity index (χ0) is 14.0. The summed E-state index contributed by atoms with van der Waals surface area (Å²) in [5.41, 5.74) is 7.11. The van der Waals surface area contributed by atoms with Crippen LogP contribution < -0.4 is 5.73 Å². The maximum atomic E-state index is 11.2. The quantitative estimate of drug-likeness (QED) is 0.695. The van der Waals surface area contributed by atoms with E-state index in [4.69, 9.17) is 5.73 Å². The van der Waals surface area contributed by atoms with E-state index < -0.39 is 20.6 Å². The van der Waals surface area contributed by atoms with Crippen LogP contribution in [0.1, 0.15) is 12.8 Å². The fourth-order valence-electron chi connectivity index (χ4n) is 1.91. The molecule has 0 spiro atoms. The Kier molecular flexibility index (Phi) is 3.87. The molecule has 2 aliphatic carbocycles. The van der Waals surface area contributed by atoms with Gasteiger partial charge in [0.25, 0.3) is 0 Å². The van der Waals surface area contributed by atoms with Gasteiger partial charge in [-0.15, -0.1) is 0 Å². The van der Waals surface area contributed by atoms with Gasteiger partial charge in [-0.1, -0.05) is 24.3 Å². The molecule has 0 atom stereocenters. The van der Waals surface area contributed by atoms with Crippen molar-refractivity contribution in [1.29, 1.82) is 0 Å². The first-order valence-electron chi connectivity index (χ1n) is 5.46. The summed E-state index contributed by atoms with van der Waals surface area (Å²) in [6, 6.07) is 0. The Morgan fingerprint density at radius 1 is 1.00 bits per heavy atom. The summed E-state index contributed by atoms with van der Waals surface area (Å²) in [5.74, 6) is 0. The normalized spacial score (nSPS) is 18.6. The Morgan fingerprint density at radius 2 is 1.74 bits per heavy atom. The molecular weight excluding hydrogens is 286 g/mol. The molecule has 19 heavy (non-hydrogen) atoms. The van der Waals surface area contributed by atoms with Crippen LogP contribution in [-0.2, 0) is 20.6 Å². The van der Waals surface area contributed by atoms with Gasteiger partial charge in [-0.3, -0.25) is 0 Å². The lowest BCUT2D eigenvalue weighted by molar-refractivity contribution is 0.625. The standard InChI is InChI=1S/C12H11NO4S2/c13-11-6-5-8(18(14)15)7-10(11)9-3-1-2-4-12(9)19(16)17/h1-3,6-7H,4-5,13H2. The molecule has 0 aromatic carbocycles. The molecule has 0 saturated carbocycles. The van der Waals surface area contributed by atoms with Crippen molar-refractivity contribution in [3.05, 3.63) is 47.2 Å². The van der Waals surface area contributed by atoms with Crippen molar-refractivity contribution in [2.24, 2.45) is 5.73 Å². The lowest BCUT2D eigenvalue weighted by Crippen LogP contribution is -2.17. The molecule has 7 heteroatoms. The molecule has 2 rings (SSSR count). The highest BCUT2D eigenvalue weighted by molar-refractivity contribution is 7.73. The Balaban J connectivity index is 2.66. The van der Waals surface area contributed by atoms with Gasteiger partial charge in [0.1, 0.15) is 0 Å². The van der Waals surface area contributed by atoms with E-state index in [1.54, 1.807) is 24.3 Å². The van der Waals surface area contributed by atoms with Crippen LogP contribution in [0.15, 0.2) is 47.2 Å². The van der Waals surface area contributed by atoms with Crippen molar-refractivity contribution in [2.75, 3.05) is 0 Å². The Labute approximate surface area is 113 Å². The van der Waals surface area contributed by atoms with Crippen LogP contribution in [0, 0.1) is 0 Å². The summed E-state index contributed by atoms with van der Waals surface area (Å²) in [6.45, 7) is 0. The zero-order valence-corrected chi connectivity index (χ0v) is 11.5. The minimum Gasteiger partial charge on any atom is -0.398 e. The van der Waals surface area contributed by atoms with Gasteiger partial charge in [0.2, 0.25) is 20.6 Å². The zero-order valence-electron chi connectivity index (χ0n) is 9.83. The van der Waals surface area contributed by atoms with Crippen LogP contribution in [-0.4, -0.2) is 26.6 Å². The summed E-state index contributed by atoms with van der Waals surface area (Å²) in [6.07, 6.45) is 8.57. The van der Waals surface area contributed by atoms with Crippen molar-refractivity contribution >= 4 is 30.3 Å². The van der Waals surface area contributed by atoms with Crippen molar-refractivity contribution in [1.82, 2.24) is 0 Å². The van der Waals surface area contributed by atoms with Crippen molar-refractivity contribution in [3.8, 4) is 0 Å². The first-order chi connectivity index (χ1) is 9.00. The molecule has 2 aliphatic rings. The summed E-state index contributed by atoms with van der Waals surface area (Å²) >= 11 is 0. The third-order valence-electron chi connectivity index (χ3n) is 2.85. The third-order valence-corrected chi connectivity index (χ3v) is 4.35. The maximum Gasteiger partial charge on any atom is 0.218 e. The molecule has 0 aromatic rings. The molecule has 0 radical (unpaired) electrons. The number of rotatable bonds is 1. The van der Waals surface area contributed by atoms with Crippen molar-refractivity contribution in [2.45, 2.75) is 12.8 Å². The molecule has 0 aromatic heterocycles. The molecule has 0 fully saturated rings. The fraction of sp³-hybridized carbons (Fsp3) is 0.167. The second-order valence-electron chi connectivity index (χ2n) is 3.99. The van der Waals surface area contributed by atoms with E-state index in [2.05, 4.69) is 0 Å². The molecule has 0 amide bonds. The van der Waals surface area contributed by atoms with Gasteiger partial charge >= 0.3 is 0 Å².